The zero-order chi connectivity index (χ0) is 22.2. The van der Waals surface area contributed by atoms with Gasteiger partial charge >= 0.3 is 0 Å². The van der Waals surface area contributed by atoms with Crippen LogP contribution < -0.4 is 4.74 Å². The number of rotatable bonds is 8. The highest BCUT2D eigenvalue weighted by Crippen LogP contribution is 2.26. The smallest absolute Gasteiger partial charge is 0.255 e. The molecule has 166 valence electrons. The van der Waals surface area contributed by atoms with E-state index in [0.717, 1.165) is 29.1 Å². The van der Waals surface area contributed by atoms with Gasteiger partial charge in [0.05, 0.1) is 18.4 Å². The lowest BCUT2D eigenvalue weighted by molar-refractivity contribution is -0.129. The molecule has 0 heterocycles. The standard InChI is InChI=1S/C25H32N2O3S/c1-26(17-19-13-15-21(30-3)16-14-19)25(29)22-11-7-8-12-23(22)31-18-24(28)27(2)20-9-5-4-6-10-20/h7-8,11-16,20H,4-6,9-10,17-18H2,1-3H3. The van der Waals surface area contributed by atoms with Crippen molar-refractivity contribution in [2.45, 2.75) is 49.6 Å². The van der Waals surface area contributed by atoms with Crippen molar-refractivity contribution in [1.29, 1.82) is 0 Å². The number of hydrogen-bond donors (Lipinski definition) is 0. The van der Waals surface area contributed by atoms with Gasteiger partial charge in [0.1, 0.15) is 5.75 Å². The fourth-order valence-corrected chi connectivity index (χ4v) is 4.93. The van der Waals surface area contributed by atoms with Crippen LogP contribution >= 0.6 is 11.8 Å². The molecule has 1 aliphatic rings. The third-order valence-corrected chi connectivity index (χ3v) is 6.97. The summed E-state index contributed by atoms with van der Waals surface area (Å²) in [4.78, 5) is 30.3. The van der Waals surface area contributed by atoms with Crippen LogP contribution in [-0.4, -0.2) is 54.6 Å². The SMILES string of the molecule is COc1ccc(CN(C)C(=O)c2ccccc2SCC(=O)N(C)C2CCCCC2)cc1. The molecule has 0 aliphatic heterocycles. The molecule has 2 amide bonds. The van der Waals surface area contributed by atoms with Crippen LogP contribution in [0.3, 0.4) is 0 Å². The van der Waals surface area contributed by atoms with Gasteiger partial charge in [-0.15, -0.1) is 11.8 Å². The molecule has 2 aromatic rings. The Balaban J connectivity index is 1.61. The van der Waals surface area contributed by atoms with Gasteiger partial charge in [-0.25, -0.2) is 0 Å². The number of thioether (sulfide) groups is 1. The molecule has 0 bridgehead atoms. The second-order valence-corrected chi connectivity index (χ2v) is 9.11. The maximum absolute atomic E-state index is 13.1. The van der Waals surface area contributed by atoms with E-state index in [-0.39, 0.29) is 11.8 Å². The van der Waals surface area contributed by atoms with E-state index in [1.807, 2.05) is 60.5 Å². The maximum atomic E-state index is 13.1. The first-order valence-electron chi connectivity index (χ1n) is 10.9. The van der Waals surface area contributed by atoms with E-state index in [9.17, 15) is 9.59 Å². The third kappa shape index (κ3) is 6.26. The molecule has 31 heavy (non-hydrogen) atoms. The molecule has 3 rings (SSSR count). The van der Waals surface area contributed by atoms with Crippen molar-refractivity contribution < 1.29 is 14.3 Å². The van der Waals surface area contributed by atoms with Gasteiger partial charge in [0, 0.05) is 31.6 Å². The van der Waals surface area contributed by atoms with Gasteiger partial charge < -0.3 is 14.5 Å². The molecular formula is C25H32N2O3S. The second-order valence-electron chi connectivity index (χ2n) is 8.09. The zero-order valence-corrected chi connectivity index (χ0v) is 19.5. The van der Waals surface area contributed by atoms with Crippen molar-refractivity contribution in [3.05, 3.63) is 59.7 Å². The fourth-order valence-electron chi connectivity index (χ4n) is 3.96. The molecule has 6 heteroatoms. The summed E-state index contributed by atoms with van der Waals surface area (Å²) in [6, 6.07) is 15.6. The molecule has 0 saturated heterocycles. The summed E-state index contributed by atoms with van der Waals surface area (Å²) < 4.78 is 5.19. The number of carbonyl (C=O) groups excluding carboxylic acids is 2. The summed E-state index contributed by atoms with van der Waals surface area (Å²) in [6.45, 7) is 0.505. The summed E-state index contributed by atoms with van der Waals surface area (Å²) in [5, 5.41) is 0. The van der Waals surface area contributed by atoms with Crippen LogP contribution in [0.15, 0.2) is 53.4 Å². The molecule has 0 radical (unpaired) electrons. The quantitative estimate of drug-likeness (QED) is 0.551. The van der Waals surface area contributed by atoms with Crippen LogP contribution in [-0.2, 0) is 11.3 Å². The van der Waals surface area contributed by atoms with Crippen molar-refractivity contribution in [2.75, 3.05) is 27.0 Å². The summed E-state index contributed by atoms with van der Waals surface area (Å²) in [7, 11) is 5.35. The minimum Gasteiger partial charge on any atom is -0.497 e. The van der Waals surface area contributed by atoms with Crippen LogP contribution in [0.4, 0.5) is 0 Å². The first kappa shape index (κ1) is 23.2. The Labute approximate surface area is 189 Å². The number of carbonyl (C=O) groups is 2. The van der Waals surface area contributed by atoms with E-state index in [1.165, 1.54) is 31.0 Å². The summed E-state index contributed by atoms with van der Waals surface area (Å²) >= 11 is 1.45. The van der Waals surface area contributed by atoms with Crippen molar-refractivity contribution >= 4 is 23.6 Å². The van der Waals surface area contributed by atoms with E-state index in [1.54, 1.807) is 19.1 Å². The largest absolute Gasteiger partial charge is 0.497 e. The van der Waals surface area contributed by atoms with Crippen molar-refractivity contribution in [1.82, 2.24) is 9.80 Å². The van der Waals surface area contributed by atoms with Crippen LogP contribution in [0.1, 0.15) is 48.0 Å². The number of benzene rings is 2. The van der Waals surface area contributed by atoms with Crippen molar-refractivity contribution in [3.63, 3.8) is 0 Å². The molecule has 0 N–H and O–H groups in total. The maximum Gasteiger partial charge on any atom is 0.255 e. The monoisotopic (exact) mass is 440 g/mol. The van der Waals surface area contributed by atoms with E-state index < -0.39 is 0 Å². The summed E-state index contributed by atoms with van der Waals surface area (Å²) in [5.74, 6) is 1.22. The van der Waals surface area contributed by atoms with Gasteiger partial charge in [-0.2, -0.15) is 0 Å². The molecule has 0 unspecified atom stereocenters. The molecule has 0 atom stereocenters. The van der Waals surface area contributed by atoms with E-state index in [2.05, 4.69) is 0 Å². The Morgan fingerprint density at radius 2 is 1.68 bits per heavy atom. The molecule has 5 nitrogen and oxygen atoms in total. The Morgan fingerprint density at radius 1 is 1.00 bits per heavy atom. The molecule has 1 aliphatic carbocycles. The van der Waals surface area contributed by atoms with Crippen molar-refractivity contribution in [2.24, 2.45) is 0 Å². The highest BCUT2D eigenvalue weighted by Gasteiger charge is 2.23. The lowest BCUT2D eigenvalue weighted by Gasteiger charge is -2.31. The van der Waals surface area contributed by atoms with Crippen molar-refractivity contribution in [3.8, 4) is 5.75 Å². The zero-order valence-electron chi connectivity index (χ0n) is 18.7. The van der Waals surface area contributed by atoms with Crippen LogP contribution in [0.2, 0.25) is 0 Å². The van der Waals surface area contributed by atoms with Crippen LogP contribution in [0.5, 0.6) is 5.75 Å². The van der Waals surface area contributed by atoms with E-state index >= 15 is 0 Å². The fraction of sp³-hybridized carbons (Fsp3) is 0.440. The highest BCUT2D eigenvalue weighted by molar-refractivity contribution is 8.00. The average Bonchev–Trinajstić information content (AvgIpc) is 2.82. The number of ether oxygens (including phenoxy) is 1. The number of methoxy groups -OCH3 is 1. The summed E-state index contributed by atoms with van der Waals surface area (Å²) in [5.41, 5.74) is 1.67. The Bertz CT molecular complexity index is 879. The first-order chi connectivity index (χ1) is 15.0. The Hall–Kier alpha value is -2.47. The van der Waals surface area contributed by atoms with Gasteiger partial charge in [0.25, 0.3) is 5.91 Å². The highest BCUT2D eigenvalue weighted by atomic mass is 32.2. The third-order valence-electron chi connectivity index (χ3n) is 5.91. The second kappa shape index (κ2) is 11.2. The number of amides is 2. The minimum atomic E-state index is -0.0491. The number of hydrogen-bond acceptors (Lipinski definition) is 4. The topological polar surface area (TPSA) is 49.9 Å². The predicted molar refractivity (Wildman–Crippen MR) is 126 cm³/mol. The summed E-state index contributed by atoms with van der Waals surface area (Å²) in [6.07, 6.45) is 5.86. The average molecular weight is 441 g/mol. The molecule has 0 aromatic heterocycles. The molecular weight excluding hydrogens is 408 g/mol. The molecule has 1 saturated carbocycles. The lowest BCUT2D eigenvalue weighted by Crippen LogP contribution is -2.39. The van der Waals surface area contributed by atoms with E-state index in [0.29, 0.717) is 23.9 Å². The number of nitrogens with zero attached hydrogens (tertiary/aromatic N) is 2. The van der Waals surface area contributed by atoms with Gasteiger partial charge in [-0.1, -0.05) is 43.5 Å². The van der Waals surface area contributed by atoms with Gasteiger partial charge in [0.2, 0.25) is 5.91 Å². The van der Waals surface area contributed by atoms with Crippen LogP contribution in [0.25, 0.3) is 0 Å². The Kier molecular flexibility index (Phi) is 8.41. The minimum absolute atomic E-state index is 0.0491. The lowest BCUT2D eigenvalue weighted by atomic mass is 9.94. The Morgan fingerprint density at radius 3 is 2.35 bits per heavy atom. The predicted octanol–water partition coefficient (Wildman–Crippen LogP) is 4.85. The van der Waals surface area contributed by atoms with Gasteiger partial charge in [-0.05, 0) is 42.7 Å². The molecule has 1 fully saturated rings. The normalized spacial score (nSPS) is 14.2. The first-order valence-corrected chi connectivity index (χ1v) is 11.8. The van der Waals surface area contributed by atoms with Gasteiger partial charge in [-0.3, -0.25) is 9.59 Å². The molecule has 0 spiro atoms. The van der Waals surface area contributed by atoms with Gasteiger partial charge in [0.15, 0.2) is 0 Å². The molecule has 2 aromatic carbocycles. The van der Waals surface area contributed by atoms with Crippen LogP contribution in [0, 0.1) is 0 Å². The van der Waals surface area contributed by atoms with E-state index in [4.69, 9.17) is 4.74 Å².